The van der Waals surface area contributed by atoms with Crippen molar-refractivity contribution >= 4 is 5.97 Å². The molecule has 2 saturated heterocycles. The maximum absolute atomic E-state index is 12.0. The maximum atomic E-state index is 12.0. The summed E-state index contributed by atoms with van der Waals surface area (Å²) >= 11 is 0. The molecule has 0 radical (unpaired) electrons. The molecule has 3 heteroatoms. The van der Waals surface area contributed by atoms with Crippen molar-refractivity contribution in [3.8, 4) is 0 Å². The summed E-state index contributed by atoms with van der Waals surface area (Å²) in [6, 6.07) is 0. The number of epoxide rings is 1. The lowest BCUT2D eigenvalue weighted by atomic mass is 9.56. The number of hydrogen-bond acceptors (Lipinski definition) is 3. The van der Waals surface area contributed by atoms with Crippen molar-refractivity contribution in [3.63, 3.8) is 0 Å². The Morgan fingerprint density at radius 3 is 2.89 bits per heavy atom. The molecule has 0 amide bonds. The van der Waals surface area contributed by atoms with Crippen LogP contribution in [-0.4, -0.2) is 23.3 Å². The van der Waals surface area contributed by atoms with Gasteiger partial charge in [-0.15, -0.1) is 0 Å². The van der Waals surface area contributed by atoms with Crippen LogP contribution in [0.15, 0.2) is 12.2 Å². The van der Waals surface area contributed by atoms with Gasteiger partial charge in [0, 0.05) is 17.4 Å². The van der Waals surface area contributed by atoms with E-state index in [2.05, 4.69) is 20.4 Å². The molecule has 6 atom stereocenters. The summed E-state index contributed by atoms with van der Waals surface area (Å²) in [6.07, 6.45) is 4.53. The Balaban J connectivity index is 1.83. The smallest absolute Gasteiger partial charge is 0.334 e. The summed E-state index contributed by atoms with van der Waals surface area (Å²) in [5.41, 5.74) is 0.266. The molecule has 1 spiro atoms. The zero-order valence-corrected chi connectivity index (χ0v) is 11.1. The summed E-state index contributed by atoms with van der Waals surface area (Å²) in [7, 11) is 0. The normalized spacial score (nSPS) is 57.4. The van der Waals surface area contributed by atoms with E-state index in [1.165, 1.54) is 6.42 Å². The molecular formula is C15H20O3. The molecule has 0 aromatic heterocycles. The first kappa shape index (κ1) is 11.0. The monoisotopic (exact) mass is 248 g/mol. The molecule has 0 bridgehead atoms. The second-order valence-corrected chi connectivity index (χ2v) is 6.83. The van der Waals surface area contributed by atoms with E-state index in [4.69, 9.17) is 9.47 Å². The second kappa shape index (κ2) is 3.01. The van der Waals surface area contributed by atoms with Crippen LogP contribution >= 0.6 is 0 Å². The van der Waals surface area contributed by atoms with E-state index in [0.717, 1.165) is 19.3 Å². The quantitative estimate of drug-likeness (QED) is 0.375. The molecular weight excluding hydrogens is 228 g/mol. The lowest BCUT2D eigenvalue weighted by molar-refractivity contribution is -0.168. The topological polar surface area (TPSA) is 38.8 Å². The molecule has 0 aromatic carbocycles. The first-order valence-electron chi connectivity index (χ1n) is 7.09. The van der Waals surface area contributed by atoms with Crippen molar-refractivity contribution < 1.29 is 14.3 Å². The minimum Gasteiger partial charge on any atom is -0.452 e. The fourth-order valence-electron chi connectivity index (χ4n) is 4.90. The van der Waals surface area contributed by atoms with Crippen LogP contribution in [0.25, 0.3) is 0 Å². The number of esters is 1. The van der Waals surface area contributed by atoms with Gasteiger partial charge in [-0.1, -0.05) is 13.5 Å². The van der Waals surface area contributed by atoms with Crippen molar-refractivity contribution in [2.45, 2.75) is 56.8 Å². The van der Waals surface area contributed by atoms with Crippen molar-refractivity contribution in [1.82, 2.24) is 0 Å². The highest BCUT2D eigenvalue weighted by Gasteiger charge is 2.76. The van der Waals surface area contributed by atoms with Gasteiger partial charge >= 0.3 is 5.97 Å². The Morgan fingerprint density at radius 1 is 1.33 bits per heavy atom. The van der Waals surface area contributed by atoms with Crippen LogP contribution in [0.1, 0.15) is 39.5 Å². The van der Waals surface area contributed by atoms with Crippen molar-refractivity contribution in [1.29, 1.82) is 0 Å². The fraction of sp³-hybridized carbons (Fsp3) is 0.800. The van der Waals surface area contributed by atoms with Crippen LogP contribution in [0.2, 0.25) is 0 Å². The first-order valence-corrected chi connectivity index (χ1v) is 7.09. The molecule has 2 aliphatic carbocycles. The highest BCUT2D eigenvalue weighted by molar-refractivity contribution is 5.92. The van der Waals surface area contributed by atoms with Gasteiger partial charge in [-0.3, -0.25) is 0 Å². The van der Waals surface area contributed by atoms with Gasteiger partial charge in [0.25, 0.3) is 0 Å². The van der Waals surface area contributed by atoms with Gasteiger partial charge in [0.15, 0.2) is 5.60 Å². The minimum atomic E-state index is -0.376. The van der Waals surface area contributed by atoms with Crippen LogP contribution in [0.3, 0.4) is 0 Å². The van der Waals surface area contributed by atoms with Crippen molar-refractivity contribution in [3.05, 3.63) is 12.2 Å². The number of rotatable bonds is 0. The van der Waals surface area contributed by atoms with Crippen LogP contribution < -0.4 is 0 Å². The minimum absolute atomic E-state index is 0.0449. The Kier molecular flexibility index (Phi) is 1.84. The molecule has 4 aliphatic rings. The molecule has 1 unspecified atom stereocenters. The summed E-state index contributed by atoms with van der Waals surface area (Å²) in [5, 5.41) is 0. The van der Waals surface area contributed by atoms with E-state index in [-0.39, 0.29) is 29.2 Å². The molecule has 2 aliphatic heterocycles. The van der Waals surface area contributed by atoms with E-state index in [0.29, 0.717) is 17.4 Å². The summed E-state index contributed by atoms with van der Waals surface area (Å²) in [5.74, 6) is 1.09. The van der Waals surface area contributed by atoms with Gasteiger partial charge in [-0.05, 0) is 38.5 Å². The van der Waals surface area contributed by atoms with Crippen molar-refractivity contribution in [2.24, 2.45) is 17.8 Å². The van der Waals surface area contributed by atoms with Gasteiger partial charge in [0.2, 0.25) is 0 Å². The zero-order valence-electron chi connectivity index (χ0n) is 11.1. The molecule has 3 nitrogen and oxygen atoms in total. The van der Waals surface area contributed by atoms with Crippen LogP contribution in [-0.2, 0) is 14.3 Å². The molecule has 98 valence electrons. The molecule has 0 N–H and O–H groups in total. The number of carbonyl (C=O) groups excluding carboxylic acids is 1. The number of carbonyl (C=O) groups is 1. The largest absolute Gasteiger partial charge is 0.452 e. The first-order chi connectivity index (χ1) is 8.49. The molecule has 18 heavy (non-hydrogen) atoms. The Bertz CT molecular complexity index is 457. The molecule has 4 fully saturated rings. The summed E-state index contributed by atoms with van der Waals surface area (Å²) in [4.78, 5) is 12.0. The highest BCUT2D eigenvalue weighted by Crippen LogP contribution is 2.66. The van der Waals surface area contributed by atoms with Crippen LogP contribution in [0, 0.1) is 17.8 Å². The van der Waals surface area contributed by atoms with Gasteiger partial charge in [0.1, 0.15) is 6.10 Å². The lowest BCUT2D eigenvalue weighted by Gasteiger charge is -2.49. The Hall–Kier alpha value is -0.830. The summed E-state index contributed by atoms with van der Waals surface area (Å²) < 4.78 is 11.9. The van der Waals surface area contributed by atoms with E-state index in [1.807, 2.05) is 0 Å². The van der Waals surface area contributed by atoms with E-state index >= 15 is 0 Å². The third-order valence-corrected chi connectivity index (χ3v) is 5.92. The lowest BCUT2D eigenvalue weighted by Crippen LogP contribution is -2.57. The highest BCUT2D eigenvalue weighted by atomic mass is 16.7. The third-order valence-electron chi connectivity index (χ3n) is 5.92. The van der Waals surface area contributed by atoms with E-state index in [9.17, 15) is 4.79 Å². The Morgan fingerprint density at radius 2 is 2.11 bits per heavy atom. The van der Waals surface area contributed by atoms with Crippen LogP contribution in [0.5, 0.6) is 0 Å². The predicted octanol–water partition coefficient (Wildman–Crippen LogP) is 2.45. The van der Waals surface area contributed by atoms with Gasteiger partial charge < -0.3 is 9.47 Å². The van der Waals surface area contributed by atoms with Crippen LogP contribution in [0.4, 0.5) is 0 Å². The Labute approximate surface area is 108 Å². The summed E-state index contributed by atoms with van der Waals surface area (Å²) in [6.45, 7) is 8.43. The standard InChI is InChI=1S/C15H20O3/c1-8-4-5-11-9(2)12(16)17-15(11)10(8)6-7-14(3)13(15)18-14/h8,10-11,13H,2,4-7H2,1,3H3/t8-,10+,11?,13-,14-,15-/m1/s1. The van der Waals surface area contributed by atoms with E-state index in [1.54, 1.807) is 0 Å². The van der Waals surface area contributed by atoms with Gasteiger partial charge in [-0.25, -0.2) is 4.79 Å². The molecule has 0 aromatic rings. The molecule has 2 saturated carbocycles. The fourth-order valence-corrected chi connectivity index (χ4v) is 4.90. The maximum Gasteiger partial charge on any atom is 0.334 e. The SMILES string of the molecule is C=C1C(=O)O[C@@]23C1CC[C@@H](C)[C@@H]2CC[C@@]1(C)O[C@@H]31. The average Bonchev–Trinajstić information content (AvgIpc) is 2.95. The number of fused-ring (bicyclic) bond motifs is 1. The van der Waals surface area contributed by atoms with Gasteiger partial charge in [0.05, 0.1) is 5.60 Å². The van der Waals surface area contributed by atoms with Gasteiger partial charge in [-0.2, -0.15) is 0 Å². The van der Waals surface area contributed by atoms with E-state index < -0.39 is 0 Å². The number of hydrogen-bond donors (Lipinski definition) is 0. The predicted molar refractivity (Wildman–Crippen MR) is 65.9 cm³/mol. The average molecular weight is 248 g/mol. The second-order valence-electron chi connectivity index (χ2n) is 6.83. The third kappa shape index (κ3) is 1.04. The molecule has 4 rings (SSSR count). The molecule has 2 heterocycles. The zero-order chi connectivity index (χ0) is 12.7. The number of ether oxygens (including phenoxy) is 2. The van der Waals surface area contributed by atoms with Crippen molar-refractivity contribution in [2.75, 3.05) is 0 Å².